The first-order chi connectivity index (χ1) is 9.73. The number of benzene rings is 1. The summed E-state index contributed by atoms with van der Waals surface area (Å²) in [5, 5.41) is 30.1. The number of rotatable bonds is 6. The summed E-state index contributed by atoms with van der Waals surface area (Å²) in [6, 6.07) is 0.646. The Morgan fingerprint density at radius 3 is 2.43 bits per heavy atom. The van der Waals surface area contributed by atoms with Crippen LogP contribution in [0.15, 0.2) is 12.1 Å². The highest BCUT2D eigenvalue weighted by molar-refractivity contribution is 5.98. The molecule has 0 saturated heterocycles. The molecule has 1 atom stereocenters. The summed E-state index contributed by atoms with van der Waals surface area (Å²) >= 11 is 0. The van der Waals surface area contributed by atoms with Gasteiger partial charge >= 0.3 is 5.97 Å². The van der Waals surface area contributed by atoms with Crippen molar-refractivity contribution in [2.75, 3.05) is 6.54 Å². The van der Waals surface area contributed by atoms with E-state index in [4.69, 9.17) is 10.2 Å². The fourth-order valence-corrected chi connectivity index (χ4v) is 1.41. The molecular formula is C11H10F2N2O6. The zero-order valence-electron chi connectivity index (χ0n) is 10.4. The first-order valence-electron chi connectivity index (χ1n) is 5.56. The second-order valence-corrected chi connectivity index (χ2v) is 3.94. The number of amides is 1. The fraction of sp³-hybridized carbons (Fsp3) is 0.273. The Kier molecular flexibility index (Phi) is 5.24. The van der Waals surface area contributed by atoms with Crippen LogP contribution in [0.2, 0.25) is 0 Å². The number of aliphatic hydroxyl groups is 1. The summed E-state index contributed by atoms with van der Waals surface area (Å²) in [6.07, 6.45) is -2.07. The van der Waals surface area contributed by atoms with E-state index in [1.54, 1.807) is 0 Å². The molecule has 0 bridgehead atoms. The van der Waals surface area contributed by atoms with Crippen molar-refractivity contribution in [3.05, 3.63) is 39.4 Å². The SMILES string of the molecule is O=C(NCC[C@H](O)C(=O)O)c1cc(F)c(F)cc1[N+](=O)[O-]. The summed E-state index contributed by atoms with van der Waals surface area (Å²) in [5.41, 5.74) is -1.63. The molecule has 0 fully saturated rings. The van der Waals surface area contributed by atoms with Gasteiger partial charge in [-0.1, -0.05) is 0 Å². The number of carbonyl (C=O) groups excluding carboxylic acids is 1. The Morgan fingerprint density at radius 2 is 1.90 bits per heavy atom. The molecule has 0 radical (unpaired) electrons. The molecule has 0 aliphatic carbocycles. The third kappa shape index (κ3) is 4.18. The number of hydrogen-bond donors (Lipinski definition) is 3. The second kappa shape index (κ2) is 6.70. The van der Waals surface area contributed by atoms with Crippen LogP contribution < -0.4 is 5.32 Å². The molecule has 21 heavy (non-hydrogen) atoms. The third-order valence-corrected chi connectivity index (χ3v) is 2.47. The number of nitrogens with one attached hydrogen (secondary N) is 1. The molecule has 10 heteroatoms. The van der Waals surface area contributed by atoms with Gasteiger partial charge in [0.15, 0.2) is 17.7 Å². The van der Waals surface area contributed by atoms with Gasteiger partial charge in [0, 0.05) is 13.0 Å². The van der Waals surface area contributed by atoms with Gasteiger partial charge in [0.05, 0.1) is 11.0 Å². The van der Waals surface area contributed by atoms with Gasteiger partial charge in [0.25, 0.3) is 11.6 Å². The van der Waals surface area contributed by atoms with Crippen LogP contribution in [0.25, 0.3) is 0 Å². The van der Waals surface area contributed by atoms with Gasteiger partial charge in [-0.2, -0.15) is 0 Å². The summed E-state index contributed by atoms with van der Waals surface area (Å²) in [5.74, 6) is -5.49. The minimum Gasteiger partial charge on any atom is -0.479 e. The van der Waals surface area contributed by atoms with Gasteiger partial charge in [-0.15, -0.1) is 0 Å². The van der Waals surface area contributed by atoms with Crippen molar-refractivity contribution in [2.24, 2.45) is 0 Å². The average Bonchev–Trinajstić information content (AvgIpc) is 2.40. The first kappa shape index (κ1) is 16.4. The minimum absolute atomic E-state index is 0.274. The Morgan fingerprint density at radius 1 is 1.33 bits per heavy atom. The largest absolute Gasteiger partial charge is 0.479 e. The van der Waals surface area contributed by atoms with Gasteiger partial charge in [-0.05, 0) is 6.07 Å². The van der Waals surface area contributed by atoms with Gasteiger partial charge in [-0.3, -0.25) is 14.9 Å². The number of aliphatic hydroxyl groups excluding tert-OH is 1. The average molecular weight is 304 g/mol. The maximum absolute atomic E-state index is 13.0. The third-order valence-electron chi connectivity index (χ3n) is 2.47. The van der Waals surface area contributed by atoms with Crippen molar-refractivity contribution in [3.63, 3.8) is 0 Å². The molecule has 1 amide bonds. The fourth-order valence-electron chi connectivity index (χ4n) is 1.41. The smallest absolute Gasteiger partial charge is 0.332 e. The second-order valence-electron chi connectivity index (χ2n) is 3.94. The molecule has 0 saturated carbocycles. The summed E-state index contributed by atoms with van der Waals surface area (Å²) in [6.45, 7) is -0.317. The van der Waals surface area contributed by atoms with Crippen LogP contribution in [0.4, 0.5) is 14.5 Å². The van der Waals surface area contributed by atoms with Crippen molar-refractivity contribution in [1.29, 1.82) is 0 Å². The highest BCUT2D eigenvalue weighted by Gasteiger charge is 2.24. The molecule has 0 spiro atoms. The summed E-state index contributed by atoms with van der Waals surface area (Å²) in [4.78, 5) is 31.6. The molecule has 1 aromatic rings. The van der Waals surface area contributed by atoms with Crippen LogP contribution in [0, 0.1) is 21.7 Å². The van der Waals surface area contributed by atoms with Gasteiger partial charge in [0.1, 0.15) is 5.56 Å². The van der Waals surface area contributed by atoms with Crippen LogP contribution in [0.1, 0.15) is 16.8 Å². The molecule has 8 nitrogen and oxygen atoms in total. The topological polar surface area (TPSA) is 130 Å². The molecule has 0 heterocycles. The molecule has 1 rings (SSSR count). The van der Waals surface area contributed by atoms with E-state index in [2.05, 4.69) is 5.32 Å². The summed E-state index contributed by atoms with van der Waals surface area (Å²) < 4.78 is 26.0. The van der Waals surface area contributed by atoms with Crippen LogP contribution in [0.3, 0.4) is 0 Å². The van der Waals surface area contributed by atoms with Crippen molar-refractivity contribution in [2.45, 2.75) is 12.5 Å². The molecule has 0 aliphatic rings. The van der Waals surface area contributed by atoms with E-state index >= 15 is 0 Å². The molecule has 0 aromatic heterocycles. The van der Waals surface area contributed by atoms with Crippen molar-refractivity contribution in [1.82, 2.24) is 5.32 Å². The normalized spacial score (nSPS) is 11.8. The van der Waals surface area contributed by atoms with E-state index in [9.17, 15) is 28.5 Å². The van der Waals surface area contributed by atoms with E-state index in [1.165, 1.54) is 0 Å². The van der Waals surface area contributed by atoms with Crippen molar-refractivity contribution >= 4 is 17.6 Å². The number of nitro benzene ring substituents is 1. The van der Waals surface area contributed by atoms with Crippen molar-refractivity contribution in [3.8, 4) is 0 Å². The Labute approximate surface area is 116 Å². The number of carbonyl (C=O) groups is 2. The predicted molar refractivity (Wildman–Crippen MR) is 63.6 cm³/mol. The Hall–Kier alpha value is -2.62. The Balaban J connectivity index is 2.85. The van der Waals surface area contributed by atoms with Crippen LogP contribution >= 0.6 is 0 Å². The maximum atomic E-state index is 13.0. The lowest BCUT2D eigenvalue weighted by molar-refractivity contribution is -0.385. The molecule has 114 valence electrons. The maximum Gasteiger partial charge on any atom is 0.332 e. The highest BCUT2D eigenvalue weighted by Crippen LogP contribution is 2.22. The molecular weight excluding hydrogens is 294 g/mol. The lowest BCUT2D eigenvalue weighted by atomic mass is 10.1. The number of carboxylic acid groups (broad SMARTS) is 1. The predicted octanol–water partition coefficient (Wildman–Crippen LogP) is 0.438. The van der Waals surface area contributed by atoms with Gasteiger partial charge < -0.3 is 15.5 Å². The minimum atomic E-state index is -1.72. The first-order valence-corrected chi connectivity index (χ1v) is 5.56. The number of carboxylic acids is 1. The summed E-state index contributed by atoms with van der Waals surface area (Å²) in [7, 11) is 0. The molecule has 0 unspecified atom stereocenters. The van der Waals surface area contributed by atoms with E-state index < -0.39 is 45.8 Å². The van der Waals surface area contributed by atoms with Gasteiger partial charge in [0.2, 0.25) is 0 Å². The van der Waals surface area contributed by atoms with Crippen LogP contribution in [0.5, 0.6) is 0 Å². The standard InChI is InChI=1S/C11H10F2N2O6/c12-6-3-5(8(15(20)21)4-7(6)13)10(17)14-2-1-9(16)11(18)19/h3-4,9,16H,1-2H2,(H,14,17)(H,18,19)/t9-/m0/s1. The zero-order valence-corrected chi connectivity index (χ0v) is 10.4. The van der Waals surface area contributed by atoms with Crippen LogP contribution in [-0.2, 0) is 4.79 Å². The molecule has 0 aliphatic heterocycles. The van der Waals surface area contributed by atoms with E-state index in [0.717, 1.165) is 0 Å². The lowest BCUT2D eigenvalue weighted by Crippen LogP contribution is -2.30. The number of nitrogens with zero attached hydrogens (tertiary/aromatic N) is 1. The molecule has 1 aromatic carbocycles. The number of nitro groups is 1. The van der Waals surface area contributed by atoms with Crippen LogP contribution in [-0.4, -0.2) is 39.7 Å². The van der Waals surface area contributed by atoms with Gasteiger partial charge in [-0.25, -0.2) is 13.6 Å². The quantitative estimate of drug-likeness (QED) is 0.516. The van der Waals surface area contributed by atoms with Crippen molar-refractivity contribution < 1.29 is 33.5 Å². The van der Waals surface area contributed by atoms with E-state index in [1.807, 2.05) is 0 Å². The lowest BCUT2D eigenvalue weighted by Gasteiger charge is -2.08. The highest BCUT2D eigenvalue weighted by atomic mass is 19.2. The Bertz CT molecular complexity index is 592. The molecule has 3 N–H and O–H groups in total. The van der Waals surface area contributed by atoms with E-state index in [0.29, 0.717) is 6.07 Å². The number of hydrogen-bond acceptors (Lipinski definition) is 5. The van der Waals surface area contributed by atoms with E-state index in [-0.39, 0.29) is 19.0 Å². The zero-order chi connectivity index (χ0) is 16.2. The number of halogens is 2. The number of aliphatic carboxylic acids is 1. The monoisotopic (exact) mass is 304 g/mol.